The van der Waals surface area contributed by atoms with E-state index in [1.807, 2.05) is 19.0 Å². The number of thiazole rings is 2. The molecule has 0 aliphatic carbocycles. The second-order valence-corrected chi connectivity index (χ2v) is 7.40. The van der Waals surface area contributed by atoms with Crippen LogP contribution in [0.2, 0.25) is 0 Å². The summed E-state index contributed by atoms with van der Waals surface area (Å²) in [7, 11) is 5.76. The van der Waals surface area contributed by atoms with Crippen LogP contribution in [-0.2, 0) is 13.1 Å². The molecule has 0 saturated heterocycles. The molecule has 0 aliphatic heterocycles. The van der Waals surface area contributed by atoms with Gasteiger partial charge in [0, 0.05) is 31.9 Å². The minimum atomic E-state index is 0. The molecule has 2 aromatic heterocycles. The van der Waals surface area contributed by atoms with Crippen LogP contribution in [0.15, 0.2) is 15.8 Å². The number of guanidine groups is 1. The lowest BCUT2D eigenvalue weighted by molar-refractivity contribution is 0.779. The molecule has 0 aliphatic rings. The Kier molecular flexibility index (Phi) is 8.92. The molecule has 0 bridgehead atoms. The molecule has 2 heterocycles. The summed E-state index contributed by atoms with van der Waals surface area (Å²) in [5, 5.41) is 12.8. The van der Waals surface area contributed by atoms with Crippen molar-refractivity contribution in [1.82, 2.24) is 20.6 Å². The van der Waals surface area contributed by atoms with Gasteiger partial charge >= 0.3 is 0 Å². The molecular formula is C15H25IN6S2. The summed E-state index contributed by atoms with van der Waals surface area (Å²) in [5.74, 6) is 1.22. The van der Waals surface area contributed by atoms with E-state index in [-0.39, 0.29) is 24.0 Å². The van der Waals surface area contributed by atoms with Gasteiger partial charge in [-0.15, -0.1) is 46.7 Å². The van der Waals surface area contributed by atoms with Gasteiger partial charge in [-0.2, -0.15) is 0 Å². The van der Waals surface area contributed by atoms with Crippen LogP contribution in [0.25, 0.3) is 0 Å². The summed E-state index contributed by atoms with van der Waals surface area (Å²) in [6.45, 7) is 5.64. The number of nitrogens with zero attached hydrogens (tertiary/aromatic N) is 4. The zero-order valence-corrected chi connectivity index (χ0v) is 18.6. The van der Waals surface area contributed by atoms with Gasteiger partial charge in [0.2, 0.25) is 0 Å². The third-order valence-corrected chi connectivity index (χ3v) is 5.08. The van der Waals surface area contributed by atoms with Crippen LogP contribution in [0.1, 0.15) is 36.2 Å². The molecule has 2 N–H and O–H groups in total. The number of hydrogen-bond acceptors (Lipinski definition) is 6. The largest absolute Gasteiger partial charge is 0.354 e. The highest BCUT2D eigenvalue weighted by atomic mass is 127. The number of aliphatic imine (C=N–C) groups is 1. The molecule has 0 fully saturated rings. The fourth-order valence-corrected chi connectivity index (χ4v) is 3.46. The first-order valence-electron chi connectivity index (χ1n) is 7.50. The summed E-state index contributed by atoms with van der Waals surface area (Å²) in [6, 6.07) is 0. The van der Waals surface area contributed by atoms with Crippen molar-refractivity contribution in [3.63, 3.8) is 0 Å². The fourth-order valence-electron chi connectivity index (χ4n) is 1.81. The van der Waals surface area contributed by atoms with Crippen molar-refractivity contribution in [3.8, 4) is 0 Å². The lowest BCUT2D eigenvalue weighted by Crippen LogP contribution is -2.36. The Balaban J connectivity index is 0.00000288. The van der Waals surface area contributed by atoms with Crippen LogP contribution in [0.4, 0.5) is 5.13 Å². The Morgan fingerprint density at radius 2 is 1.88 bits per heavy atom. The fraction of sp³-hybridized carbons (Fsp3) is 0.533. The summed E-state index contributed by atoms with van der Waals surface area (Å²) < 4.78 is 0. The van der Waals surface area contributed by atoms with E-state index in [1.54, 1.807) is 29.7 Å². The van der Waals surface area contributed by atoms with E-state index in [1.165, 1.54) is 0 Å². The van der Waals surface area contributed by atoms with Crippen molar-refractivity contribution in [1.29, 1.82) is 0 Å². The maximum absolute atomic E-state index is 4.61. The van der Waals surface area contributed by atoms with Crippen LogP contribution in [-0.4, -0.2) is 37.1 Å². The number of aromatic nitrogens is 2. The molecule has 0 unspecified atom stereocenters. The van der Waals surface area contributed by atoms with Crippen molar-refractivity contribution in [2.75, 3.05) is 26.0 Å². The smallest absolute Gasteiger partial charge is 0.191 e. The first-order chi connectivity index (χ1) is 11.0. The predicted molar refractivity (Wildman–Crippen MR) is 115 cm³/mol. The third kappa shape index (κ3) is 6.17. The van der Waals surface area contributed by atoms with E-state index < -0.39 is 0 Å². The quantitative estimate of drug-likeness (QED) is 0.378. The minimum absolute atomic E-state index is 0. The number of nitrogens with one attached hydrogen (secondary N) is 2. The highest BCUT2D eigenvalue weighted by Gasteiger charge is 2.07. The average molecular weight is 480 g/mol. The number of rotatable bonds is 6. The number of halogens is 1. The topological polar surface area (TPSA) is 65.4 Å². The molecule has 0 aromatic carbocycles. The number of anilines is 1. The predicted octanol–water partition coefficient (Wildman–Crippen LogP) is 3.27. The van der Waals surface area contributed by atoms with E-state index >= 15 is 0 Å². The lowest BCUT2D eigenvalue weighted by Gasteiger charge is -2.10. The second-order valence-electron chi connectivity index (χ2n) is 5.62. The van der Waals surface area contributed by atoms with Gasteiger partial charge in [0.15, 0.2) is 11.1 Å². The van der Waals surface area contributed by atoms with Crippen molar-refractivity contribution in [3.05, 3.63) is 27.2 Å². The molecule has 0 spiro atoms. The van der Waals surface area contributed by atoms with Gasteiger partial charge < -0.3 is 15.5 Å². The molecule has 2 aromatic rings. The minimum Gasteiger partial charge on any atom is -0.354 e. The van der Waals surface area contributed by atoms with E-state index in [0.717, 1.165) is 27.5 Å². The standard InChI is InChI=1S/C15H24N6S2.HI/c1-10(2)12-9-22-13(20-12)7-18-14(16-3)17-6-11-8-23-15(19-11)21(4)5;/h8-10H,6-7H2,1-5H3,(H2,16,17,18);1H. The van der Waals surface area contributed by atoms with E-state index in [0.29, 0.717) is 19.0 Å². The van der Waals surface area contributed by atoms with Crippen molar-refractivity contribution >= 4 is 57.7 Å². The average Bonchev–Trinajstić information content (AvgIpc) is 3.16. The molecule has 134 valence electrons. The highest BCUT2D eigenvalue weighted by Crippen LogP contribution is 2.18. The molecule has 0 radical (unpaired) electrons. The maximum Gasteiger partial charge on any atom is 0.191 e. The number of hydrogen-bond donors (Lipinski definition) is 2. The monoisotopic (exact) mass is 480 g/mol. The van der Waals surface area contributed by atoms with Gasteiger partial charge in [0.1, 0.15) is 5.01 Å². The van der Waals surface area contributed by atoms with Crippen LogP contribution >= 0.6 is 46.7 Å². The normalized spacial score (nSPS) is 11.3. The van der Waals surface area contributed by atoms with Crippen molar-refractivity contribution < 1.29 is 0 Å². The van der Waals surface area contributed by atoms with Crippen LogP contribution in [0.3, 0.4) is 0 Å². The molecule has 6 nitrogen and oxygen atoms in total. The summed E-state index contributed by atoms with van der Waals surface area (Å²) in [4.78, 5) is 15.4. The van der Waals surface area contributed by atoms with E-state index in [4.69, 9.17) is 0 Å². The van der Waals surface area contributed by atoms with Gasteiger partial charge in [-0.25, -0.2) is 9.97 Å². The molecule has 0 amide bonds. The van der Waals surface area contributed by atoms with Gasteiger partial charge in [-0.1, -0.05) is 13.8 Å². The van der Waals surface area contributed by atoms with Gasteiger partial charge in [0.05, 0.1) is 24.5 Å². The Hall–Kier alpha value is -0.940. The molecular weight excluding hydrogens is 455 g/mol. The van der Waals surface area contributed by atoms with Crippen molar-refractivity contribution in [2.45, 2.75) is 32.9 Å². The van der Waals surface area contributed by atoms with Gasteiger partial charge in [-0.3, -0.25) is 4.99 Å². The van der Waals surface area contributed by atoms with Crippen LogP contribution in [0.5, 0.6) is 0 Å². The van der Waals surface area contributed by atoms with Crippen LogP contribution in [0, 0.1) is 0 Å². The Labute approximate surface area is 168 Å². The van der Waals surface area contributed by atoms with Gasteiger partial charge in [0.25, 0.3) is 0 Å². The van der Waals surface area contributed by atoms with E-state index in [9.17, 15) is 0 Å². The second kappa shape index (κ2) is 10.1. The Morgan fingerprint density at radius 1 is 1.17 bits per heavy atom. The van der Waals surface area contributed by atoms with Crippen LogP contribution < -0.4 is 15.5 Å². The van der Waals surface area contributed by atoms with E-state index in [2.05, 4.69) is 50.2 Å². The molecule has 0 saturated carbocycles. The highest BCUT2D eigenvalue weighted by molar-refractivity contribution is 14.0. The Bertz CT molecular complexity index is 598. The third-order valence-electron chi connectivity index (χ3n) is 3.15. The summed E-state index contributed by atoms with van der Waals surface area (Å²) in [6.07, 6.45) is 0. The first-order valence-corrected chi connectivity index (χ1v) is 9.26. The molecule has 9 heteroatoms. The summed E-state index contributed by atoms with van der Waals surface area (Å²) >= 11 is 3.32. The first kappa shape index (κ1) is 21.1. The van der Waals surface area contributed by atoms with Gasteiger partial charge in [-0.05, 0) is 5.92 Å². The SMILES string of the molecule is CN=C(NCc1csc(N(C)C)n1)NCc1nc(C(C)C)cs1.I. The Morgan fingerprint density at radius 3 is 2.42 bits per heavy atom. The zero-order valence-electron chi connectivity index (χ0n) is 14.7. The molecule has 2 rings (SSSR count). The molecule has 0 atom stereocenters. The molecule has 24 heavy (non-hydrogen) atoms. The van der Waals surface area contributed by atoms with Crippen molar-refractivity contribution in [2.24, 2.45) is 4.99 Å². The zero-order chi connectivity index (χ0) is 16.8. The maximum atomic E-state index is 4.61. The summed E-state index contributed by atoms with van der Waals surface area (Å²) in [5.41, 5.74) is 2.16. The lowest BCUT2D eigenvalue weighted by atomic mass is 10.2.